The van der Waals surface area contributed by atoms with Crippen molar-refractivity contribution in [2.75, 3.05) is 5.32 Å². The highest BCUT2D eigenvalue weighted by atomic mass is 16.1. The van der Waals surface area contributed by atoms with Gasteiger partial charge in [0, 0.05) is 11.1 Å². The van der Waals surface area contributed by atoms with Crippen LogP contribution in [0.3, 0.4) is 0 Å². The molecule has 3 rings (SSSR count). The van der Waals surface area contributed by atoms with Crippen molar-refractivity contribution in [1.82, 2.24) is 9.97 Å². The number of hydrogen-bond donors (Lipinski definition) is 1. The van der Waals surface area contributed by atoms with Crippen LogP contribution >= 0.6 is 0 Å². The van der Waals surface area contributed by atoms with E-state index in [0.29, 0.717) is 17.1 Å². The first-order valence-corrected chi connectivity index (χ1v) is 7.54. The number of rotatable bonds is 4. The summed E-state index contributed by atoms with van der Waals surface area (Å²) >= 11 is 0. The maximum Gasteiger partial charge on any atom is 0.255 e. The van der Waals surface area contributed by atoms with Crippen LogP contribution in [0.4, 0.5) is 5.69 Å². The zero-order valence-corrected chi connectivity index (χ0v) is 12.9. The molecule has 4 heteroatoms. The number of aromatic nitrogens is 2. The van der Waals surface area contributed by atoms with E-state index in [1.54, 1.807) is 12.4 Å². The first-order chi connectivity index (χ1) is 11.3. The van der Waals surface area contributed by atoms with E-state index < -0.39 is 0 Å². The lowest BCUT2D eigenvalue weighted by molar-refractivity contribution is 0.102. The Morgan fingerprint density at radius 2 is 1.61 bits per heavy atom. The molecule has 0 spiro atoms. The van der Waals surface area contributed by atoms with Crippen LogP contribution in [0.1, 0.15) is 22.8 Å². The Morgan fingerprint density at radius 3 is 2.22 bits per heavy atom. The molecule has 0 saturated heterocycles. The van der Waals surface area contributed by atoms with Gasteiger partial charge in [-0.3, -0.25) is 4.79 Å². The SMILES string of the molecule is CCc1ccc(C(=O)Nc2cnc(-c3ccccc3)nc2)cc1. The molecule has 23 heavy (non-hydrogen) atoms. The second kappa shape index (κ2) is 6.83. The van der Waals surface area contributed by atoms with Gasteiger partial charge in [0.1, 0.15) is 0 Å². The second-order valence-electron chi connectivity index (χ2n) is 5.17. The van der Waals surface area contributed by atoms with Crippen molar-refractivity contribution in [2.24, 2.45) is 0 Å². The molecule has 114 valence electrons. The van der Waals surface area contributed by atoms with E-state index in [0.717, 1.165) is 12.0 Å². The quantitative estimate of drug-likeness (QED) is 0.793. The summed E-state index contributed by atoms with van der Waals surface area (Å²) in [6, 6.07) is 17.3. The van der Waals surface area contributed by atoms with Gasteiger partial charge in [0.05, 0.1) is 18.1 Å². The standard InChI is InChI=1S/C19H17N3O/c1-2-14-8-10-16(11-9-14)19(23)22-17-12-20-18(21-13-17)15-6-4-3-5-7-15/h3-13H,2H2,1H3,(H,22,23). The van der Waals surface area contributed by atoms with Gasteiger partial charge in [-0.1, -0.05) is 49.4 Å². The highest BCUT2D eigenvalue weighted by Crippen LogP contribution is 2.15. The summed E-state index contributed by atoms with van der Waals surface area (Å²) in [7, 11) is 0. The normalized spacial score (nSPS) is 10.3. The zero-order chi connectivity index (χ0) is 16.1. The van der Waals surface area contributed by atoms with Crippen molar-refractivity contribution in [3.63, 3.8) is 0 Å². The first-order valence-electron chi connectivity index (χ1n) is 7.54. The monoisotopic (exact) mass is 303 g/mol. The highest BCUT2D eigenvalue weighted by Gasteiger charge is 2.07. The van der Waals surface area contributed by atoms with E-state index in [4.69, 9.17) is 0 Å². The molecule has 1 aromatic heterocycles. The fourth-order valence-electron chi connectivity index (χ4n) is 2.22. The Balaban J connectivity index is 1.71. The minimum Gasteiger partial charge on any atom is -0.319 e. The van der Waals surface area contributed by atoms with Gasteiger partial charge in [0.15, 0.2) is 5.82 Å². The van der Waals surface area contributed by atoms with Crippen LogP contribution < -0.4 is 5.32 Å². The lowest BCUT2D eigenvalue weighted by Gasteiger charge is -2.06. The molecule has 1 heterocycles. The lowest BCUT2D eigenvalue weighted by Crippen LogP contribution is -2.12. The molecule has 0 aliphatic carbocycles. The molecule has 1 amide bonds. The lowest BCUT2D eigenvalue weighted by atomic mass is 10.1. The smallest absolute Gasteiger partial charge is 0.255 e. The van der Waals surface area contributed by atoms with Gasteiger partial charge >= 0.3 is 0 Å². The average molecular weight is 303 g/mol. The fraction of sp³-hybridized carbons (Fsp3) is 0.105. The van der Waals surface area contributed by atoms with Crippen LogP contribution in [-0.4, -0.2) is 15.9 Å². The van der Waals surface area contributed by atoms with Crippen LogP contribution in [0, 0.1) is 0 Å². The summed E-state index contributed by atoms with van der Waals surface area (Å²) in [4.78, 5) is 20.8. The molecule has 0 bridgehead atoms. The van der Waals surface area contributed by atoms with Crippen molar-refractivity contribution in [3.8, 4) is 11.4 Å². The van der Waals surface area contributed by atoms with Crippen molar-refractivity contribution in [2.45, 2.75) is 13.3 Å². The zero-order valence-electron chi connectivity index (χ0n) is 12.9. The van der Waals surface area contributed by atoms with Gasteiger partial charge in [-0.2, -0.15) is 0 Å². The molecule has 0 aliphatic heterocycles. The Kier molecular flexibility index (Phi) is 4.43. The van der Waals surface area contributed by atoms with Gasteiger partial charge in [-0.15, -0.1) is 0 Å². The number of carbonyl (C=O) groups is 1. The fourth-order valence-corrected chi connectivity index (χ4v) is 2.22. The minimum atomic E-state index is -0.163. The van der Waals surface area contributed by atoms with Gasteiger partial charge in [-0.25, -0.2) is 9.97 Å². The molecular weight excluding hydrogens is 286 g/mol. The third-order valence-electron chi connectivity index (χ3n) is 3.57. The second-order valence-corrected chi connectivity index (χ2v) is 5.17. The molecule has 4 nitrogen and oxygen atoms in total. The summed E-state index contributed by atoms with van der Waals surface area (Å²) in [5.74, 6) is 0.472. The minimum absolute atomic E-state index is 0.163. The Hall–Kier alpha value is -3.01. The molecule has 0 radical (unpaired) electrons. The topological polar surface area (TPSA) is 54.9 Å². The average Bonchev–Trinajstić information content (AvgIpc) is 2.63. The summed E-state index contributed by atoms with van der Waals surface area (Å²) in [6.07, 6.45) is 4.19. The predicted molar refractivity (Wildman–Crippen MR) is 91.2 cm³/mol. The van der Waals surface area contributed by atoms with Crippen molar-refractivity contribution < 1.29 is 4.79 Å². The molecule has 0 unspecified atom stereocenters. The van der Waals surface area contributed by atoms with Gasteiger partial charge < -0.3 is 5.32 Å². The summed E-state index contributed by atoms with van der Waals surface area (Å²) in [6.45, 7) is 2.08. The molecule has 2 aromatic carbocycles. The molecule has 3 aromatic rings. The van der Waals surface area contributed by atoms with E-state index in [-0.39, 0.29) is 5.91 Å². The number of benzene rings is 2. The third kappa shape index (κ3) is 3.61. The molecule has 0 fully saturated rings. The van der Waals surface area contributed by atoms with E-state index in [2.05, 4.69) is 22.2 Å². The van der Waals surface area contributed by atoms with E-state index in [9.17, 15) is 4.79 Å². The first kappa shape index (κ1) is 14.9. The van der Waals surface area contributed by atoms with Gasteiger partial charge in [-0.05, 0) is 24.1 Å². The van der Waals surface area contributed by atoms with Crippen LogP contribution in [0.25, 0.3) is 11.4 Å². The number of nitrogens with zero attached hydrogens (tertiary/aromatic N) is 2. The van der Waals surface area contributed by atoms with Crippen molar-refractivity contribution in [1.29, 1.82) is 0 Å². The maximum atomic E-state index is 12.2. The summed E-state index contributed by atoms with van der Waals surface area (Å²) < 4.78 is 0. The number of anilines is 1. The number of amides is 1. The van der Waals surface area contributed by atoms with Gasteiger partial charge in [0.25, 0.3) is 5.91 Å². The van der Waals surface area contributed by atoms with Crippen LogP contribution in [0.15, 0.2) is 67.0 Å². The number of hydrogen-bond acceptors (Lipinski definition) is 3. The van der Waals surface area contributed by atoms with E-state index >= 15 is 0 Å². The van der Waals surface area contributed by atoms with E-state index in [1.807, 2.05) is 54.6 Å². The van der Waals surface area contributed by atoms with E-state index in [1.165, 1.54) is 5.56 Å². The molecular formula is C19H17N3O. The maximum absolute atomic E-state index is 12.2. The van der Waals surface area contributed by atoms with Crippen LogP contribution in [0.5, 0.6) is 0 Å². The largest absolute Gasteiger partial charge is 0.319 e. The number of nitrogens with one attached hydrogen (secondary N) is 1. The van der Waals surface area contributed by atoms with Crippen molar-refractivity contribution >= 4 is 11.6 Å². The van der Waals surface area contributed by atoms with Crippen LogP contribution in [0.2, 0.25) is 0 Å². The summed E-state index contributed by atoms with van der Waals surface area (Å²) in [5.41, 5.74) is 3.35. The Morgan fingerprint density at radius 1 is 0.957 bits per heavy atom. The molecule has 0 atom stereocenters. The molecule has 0 saturated carbocycles. The van der Waals surface area contributed by atoms with Gasteiger partial charge in [0.2, 0.25) is 0 Å². The number of carbonyl (C=O) groups excluding carboxylic acids is 1. The summed E-state index contributed by atoms with van der Waals surface area (Å²) in [5, 5.41) is 2.81. The Bertz CT molecular complexity index is 781. The highest BCUT2D eigenvalue weighted by molar-refractivity contribution is 6.04. The Labute approximate surface area is 135 Å². The molecule has 1 N–H and O–H groups in total. The van der Waals surface area contributed by atoms with Crippen LogP contribution in [-0.2, 0) is 6.42 Å². The predicted octanol–water partition coefficient (Wildman–Crippen LogP) is 3.96. The number of aryl methyl sites for hydroxylation is 1. The van der Waals surface area contributed by atoms with Crippen molar-refractivity contribution in [3.05, 3.63) is 78.1 Å². The third-order valence-corrected chi connectivity index (χ3v) is 3.57. The molecule has 0 aliphatic rings.